The monoisotopic (exact) mass is 153 g/mol. The summed E-state index contributed by atoms with van der Waals surface area (Å²) in [5, 5.41) is 6.85. The van der Waals surface area contributed by atoms with E-state index in [-0.39, 0.29) is 0 Å². The average Bonchev–Trinajstić information content (AvgIpc) is 2.03. The summed E-state index contributed by atoms with van der Waals surface area (Å²) in [5.41, 5.74) is 1.34. The van der Waals surface area contributed by atoms with Gasteiger partial charge in [0.25, 0.3) is 0 Å². The van der Waals surface area contributed by atoms with Gasteiger partial charge in [-0.05, 0) is 37.8 Å². The van der Waals surface area contributed by atoms with Gasteiger partial charge in [0.15, 0.2) is 0 Å². The van der Waals surface area contributed by atoms with E-state index >= 15 is 0 Å². The Balaban J connectivity index is 3.43. The quantitative estimate of drug-likeness (QED) is 0.343. The molecule has 0 saturated heterocycles. The molecule has 0 fully saturated rings. The van der Waals surface area contributed by atoms with Gasteiger partial charge in [-0.1, -0.05) is 26.0 Å². The molecule has 0 aliphatic rings. The second-order valence-electron chi connectivity index (χ2n) is 3.05. The van der Waals surface area contributed by atoms with Crippen LogP contribution in [0.2, 0.25) is 0 Å². The van der Waals surface area contributed by atoms with Crippen molar-refractivity contribution in [2.75, 3.05) is 0 Å². The third kappa shape index (κ3) is 4.77. The van der Waals surface area contributed by atoms with E-state index in [2.05, 4.69) is 20.4 Å². The fourth-order valence-corrected chi connectivity index (χ4v) is 1.08. The van der Waals surface area contributed by atoms with Gasteiger partial charge in [-0.15, -0.1) is 0 Å². The zero-order valence-corrected chi connectivity index (χ0v) is 7.69. The van der Waals surface area contributed by atoms with Crippen LogP contribution in [0.15, 0.2) is 12.2 Å². The summed E-state index contributed by atoms with van der Waals surface area (Å²) >= 11 is 0. The largest absolute Gasteiger partial charge is 0.313 e. The Hall–Kier alpha value is -0.590. The van der Waals surface area contributed by atoms with Crippen LogP contribution < -0.4 is 0 Å². The first-order chi connectivity index (χ1) is 5.22. The van der Waals surface area contributed by atoms with E-state index in [1.165, 1.54) is 18.2 Å². The molecular formula is C10H19N. The predicted molar refractivity (Wildman–Crippen MR) is 51.2 cm³/mol. The summed E-state index contributed by atoms with van der Waals surface area (Å²) in [7, 11) is 0. The highest BCUT2D eigenvalue weighted by atomic mass is 14.3. The van der Waals surface area contributed by atoms with Crippen molar-refractivity contribution < 1.29 is 0 Å². The van der Waals surface area contributed by atoms with Crippen LogP contribution in [0.5, 0.6) is 0 Å². The van der Waals surface area contributed by atoms with E-state index < -0.39 is 0 Å². The van der Waals surface area contributed by atoms with Crippen LogP contribution in [0.25, 0.3) is 0 Å². The summed E-state index contributed by atoms with van der Waals surface area (Å²) in [6.45, 7) is 8.36. The van der Waals surface area contributed by atoms with Crippen molar-refractivity contribution >= 4 is 6.21 Å². The third-order valence-corrected chi connectivity index (χ3v) is 2.14. The van der Waals surface area contributed by atoms with E-state index in [0.29, 0.717) is 5.92 Å². The smallest absolute Gasteiger partial charge is 0.00477 e. The Morgan fingerprint density at radius 1 is 1.64 bits per heavy atom. The molecule has 0 saturated carbocycles. The molecule has 1 nitrogen and oxygen atoms in total. The molecule has 64 valence electrons. The third-order valence-electron chi connectivity index (χ3n) is 2.14. The van der Waals surface area contributed by atoms with Crippen molar-refractivity contribution in [1.82, 2.24) is 0 Å². The Morgan fingerprint density at radius 2 is 2.27 bits per heavy atom. The summed E-state index contributed by atoms with van der Waals surface area (Å²) < 4.78 is 0. The van der Waals surface area contributed by atoms with Crippen molar-refractivity contribution in [2.45, 2.75) is 39.5 Å². The SMILES string of the molecule is C=C(CC)[C@@H](C)CCCC=N. The van der Waals surface area contributed by atoms with E-state index in [9.17, 15) is 0 Å². The average molecular weight is 153 g/mol. The first-order valence-corrected chi connectivity index (χ1v) is 4.39. The topological polar surface area (TPSA) is 23.9 Å². The van der Waals surface area contributed by atoms with Gasteiger partial charge in [-0.25, -0.2) is 0 Å². The van der Waals surface area contributed by atoms with E-state index in [0.717, 1.165) is 19.3 Å². The normalized spacial score (nSPS) is 12.5. The lowest BCUT2D eigenvalue weighted by Crippen LogP contribution is -1.97. The highest BCUT2D eigenvalue weighted by Crippen LogP contribution is 2.17. The molecule has 0 amide bonds. The van der Waals surface area contributed by atoms with E-state index in [1.54, 1.807) is 0 Å². The molecule has 0 aromatic carbocycles. The number of allylic oxidation sites excluding steroid dienone is 1. The lowest BCUT2D eigenvalue weighted by molar-refractivity contribution is 0.577. The molecule has 0 rings (SSSR count). The van der Waals surface area contributed by atoms with Gasteiger partial charge in [-0.3, -0.25) is 0 Å². The highest BCUT2D eigenvalue weighted by molar-refractivity contribution is 5.52. The Morgan fingerprint density at radius 3 is 2.73 bits per heavy atom. The van der Waals surface area contributed by atoms with Crippen LogP contribution >= 0.6 is 0 Å². The number of rotatable bonds is 6. The number of hydrogen-bond acceptors (Lipinski definition) is 1. The maximum Gasteiger partial charge on any atom is -0.00477 e. The van der Waals surface area contributed by atoms with E-state index in [1.807, 2.05) is 0 Å². The first-order valence-electron chi connectivity index (χ1n) is 4.39. The number of hydrogen-bond donors (Lipinski definition) is 1. The molecule has 0 bridgehead atoms. The molecule has 0 spiro atoms. The van der Waals surface area contributed by atoms with Gasteiger partial charge in [-0.2, -0.15) is 0 Å². The van der Waals surface area contributed by atoms with Crippen molar-refractivity contribution in [3.8, 4) is 0 Å². The van der Waals surface area contributed by atoms with Crippen molar-refractivity contribution in [1.29, 1.82) is 5.41 Å². The second-order valence-corrected chi connectivity index (χ2v) is 3.05. The zero-order chi connectivity index (χ0) is 8.69. The van der Waals surface area contributed by atoms with Gasteiger partial charge in [0.1, 0.15) is 0 Å². The van der Waals surface area contributed by atoms with Gasteiger partial charge >= 0.3 is 0 Å². The maximum absolute atomic E-state index is 6.85. The molecule has 11 heavy (non-hydrogen) atoms. The van der Waals surface area contributed by atoms with Gasteiger partial charge < -0.3 is 5.41 Å². The number of unbranched alkanes of at least 4 members (excludes halogenated alkanes) is 1. The predicted octanol–water partition coefficient (Wildman–Crippen LogP) is 3.41. The van der Waals surface area contributed by atoms with Crippen LogP contribution in [0.3, 0.4) is 0 Å². The molecule has 0 aromatic rings. The summed E-state index contributed by atoms with van der Waals surface area (Å²) in [6.07, 6.45) is 5.81. The van der Waals surface area contributed by atoms with Crippen LogP contribution in [-0.2, 0) is 0 Å². The lowest BCUT2D eigenvalue weighted by atomic mass is 9.95. The minimum atomic E-state index is 0.639. The molecule has 1 heteroatoms. The standard InChI is InChI=1S/C10H19N/c1-4-9(2)10(3)7-5-6-8-11/h8,10-11H,2,4-7H2,1,3H3/t10-/m0/s1. The molecule has 0 aliphatic heterocycles. The highest BCUT2D eigenvalue weighted by Gasteiger charge is 2.02. The van der Waals surface area contributed by atoms with Crippen LogP contribution in [0.4, 0.5) is 0 Å². The Bertz CT molecular complexity index is 127. The van der Waals surface area contributed by atoms with Crippen LogP contribution in [0.1, 0.15) is 39.5 Å². The van der Waals surface area contributed by atoms with Gasteiger partial charge in [0, 0.05) is 0 Å². The molecule has 0 aliphatic carbocycles. The fraction of sp³-hybridized carbons (Fsp3) is 0.700. The number of nitrogens with one attached hydrogen (secondary N) is 1. The van der Waals surface area contributed by atoms with Crippen LogP contribution in [-0.4, -0.2) is 6.21 Å². The van der Waals surface area contributed by atoms with Gasteiger partial charge in [0.05, 0.1) is 0 Å². The van der Waals surface area contributed by atoms with Gasteiger partial charge in [0.2, 0.25) is 0 Å². The van der Waals surface area contributed by atoms with E-state index in [4.69, 9.17) is 5.41 Å². The minimum absolute atomic E-state index is 0.639. The second kappa shape index (κ2) is 6.14. The molecule has 1 atom stereocenters. The van der Waals surface area contributed by atoms with Crippen molar-refractivity contribution in [3.63, 3.8) is 0 Å². The maximum atomic E-state index is 6.85. The Labute approximate surface area is 70.0 Å². The van der Waals surface area contributed by atoms with Crippen molar-refractivity contribution in [2.24, 2.45) is 5.92 Å². The molecule has 0 unspecified atom stereocenters. The molecule has 0 heterocycles. The van der Waals surface area contributed by atoms with Crippen LogP contribution in [0, 0.1) is 11.3 Å². The summed E-state index contributed by atoms with van der Waals surface area (Å²) in [6, 6.07) is 0. The molecule has 0 aromatic heterocycles. The summed E-state index contributed by atoms with van der Waals surface area (Å²) in [5.74, 6) is 0.639. The molecular weight excluding hydrogens is 134 g/mol. The Kier molecular flexibility index (Phi) is 5.81. The first kappa shape index (κ1) is 10.4. The zero-order valence-electron chi connectivity index (χ0n) is 7.69. The lowest BCUT2D eigenvalue weighted by Gasteiger charge is -2.11. The molecule has 1 N–H and O–H groups in total. The van der Waals surface area contributed by atoms with Crippen molar-refractivity contribution in [3.05, 3.63) is 12.2 Å². The molecule has 0 radical (unpaired) electrons. The fourth-order valence-electron chi connectivity index (χ4n) is 1.08. The minimum Gasteiger partial charge on any atom is -0.313 e. The summed E-state index contributed by atoms with van der Waals surface area (Å²) in [4.78, 5) is 0.